The second-order valence-electron chi connectivity index (χ2n) is 6.81. The molecule has 1 N–H and O–H groups in total. The third kappa shape index (κ3) is 3.90. The summed E-state index contributed by atoms with van der Waals surface area (Å²) in [6.45, 7) is 1.84. The van der Waals surface area contributed by atoms with Crippen LogP contribution < -0.4 is 10.2 Å². The smallest absolute Gasteiger partial charge is 0.291 e. The summed E-state index contributed by atoms with van der Waals surface area (Å²) in [7, 11) is 0. The predicted molar refractivity (Wildman–Crippen MR) is 110 cm³/mol. The third-order valence-corrected chi connectivity index (χ3v) is 5.17. The summed E-state index contributed by atoms with van der Waals surface area (Å²) in [5.74, 6) is 0.0183. The van der Waals surface area contributed by atoms with Crippen LogP contribution in [0, 0.1) is 5.82 Å². The maximum Gasteiger partial charge on any atom is 0.291 e. The number of furan rings is 1. The molecule has 1 aliphatic heterocycles. The Hall–Kier alpha value is -2.79. The summed E-state index contributed by atoms with van der Waals surface area (Å²) in [5.41, 5.74) is 2.22. The Labute approximate surface area is 167 Å². The molecule has 1 aliphatic rings. The normalized spacial score (nSPS) is 14.1. The predicted octanol–water partition coefficient (Wildman–Crippen LogP) is 5.98. The van der Waals surface area contributed by atoms with Crippen molar-refractivity contribution < 1.29 is 13.6 Å². The molecule has 0 bridgehead atoms. The molecule has 4 rings (SSSR count). The summed E-state index contributed by atoms with van der Waals surface area (Å²) in [5, 5.41) is 3.54. The van der Waals surface area contributed by atoms with Gasteiger partial charge in [-0.2, -0.15) is 0 Å². The monoisotopic (exact) mass is 398 g/mol. The number of hydrogen-bond acceptors (Lipinski definition) is 3. The molecule has 1 saturated heterocycles. The molecule has 2 aromatic carbocycles. The minimum absolute atomic E-state index is 0.184. The zero-order valence-electron chi connectivity index (χ0n) is 15.3. The van der Waals surface area contributed by atoms with E-state index >= 15 is 0 Å². The molecule has 144 valence electrons. The number of rotatable bonds is 4. The quantitative estimate of drug-likeness (QED) is 0.587. The molecule has 2 heterocycles. The van der Waals surface area contributed by atoms with E-state index in [4.69, 9.17) is 16.0 Å². The number of carbonyl (C=O) groups is 1. The van der Waals surface area contributed by atoms with Gasteiger partial charge in [0.1, 0.15) is 11.6 Å². The SMILES string of the molecule is O=C(Nc1cccc(Cl)c1N1CCCCC1)c1ccc(-c2ccc(F)cc2)o1. The van der Waals surface area contributed by atoms with Gasteiger partial charge in [0.15, 0.2) is 5.76 Å². The number of hydrogen-bond donors (Lipinski definition) is 1. The summed E-state index contributed by atoms with van der Waals surface area (Å²) in [6, 6.07) is 14.7. The van der Waals surface area contributed by atoms with Crippen molar-refractivity contribution in [3.63, 3.8) is 0 Å². The Balaban J connectivity index is 1.56. The molecule has 1 aromatic heterocycles. The van der Waals surface area contributed by atoms with Gasteiger partial charge in [0.25, 0.3) is 5.91 Å². The van der Waals surface area contributed by atoms with E-state index < -0.39 is 0 Å². The van der Waals surface area contributed by atoms with Crippen molar-refractivity contribution in [1.29, 1.82) is 0 Å². The van der Waals surface area contributed by atoms with Crippen LogP contribution >= 0.6 is 11.6 Å². The number of nitrogens with one attached hydrogen (secondary N) is 1. The van der Waals surface area contributed by atoms with Gasteiger partial charge in [-0.1, -0.05) is 17.7 Å². The van der Waals surface area contributed by atoms with Crippen LogP contribution in [0.2, 0.25) is 5.02 Å². The standard InChI is InChI=1S/C22H20ClFN2O2/c23-17-5-4-6-18(21(17)26-13-2-1-3-14-26)25-22(27)20-12-11-19(28-20)15-7-9-16(24)10-8-15/h4-12H,1-3,13-14H2,(H,25,27). The van der Waals surface area contributed by atoms with Gasteiger partial charge in [0.05, 0.1) is 16.4 Å². The first-order valence-corrected chi connectivity index (χ1v) is 9.70. The highest BCUT2D eigenvalue weighted by Gasteiger charge is 2.20. The van der Waals surface area contributed by atoms with Crippen molar-refractivity contribution in [1.82, 2.24) is 0 Å². The fraction of sp³-hybridized carbons (Fsp3) is 0.227. The van der Waals surface area contributed by atoms with Gasteiger partial charge < -0.3 is 14.6 Å². The van der Waals surface area contributed by atoms with Crippen LogP contribution in [-0.2, 0) is 0 Å². The lowest BCUT2D eigenvalue weighted by molar-refractivity contribution is 0.0997. The maximum absolute atomic E-state index is 13.1. The number of amides is 1. The first-order valence-electron chi connectivity index (χ1n) is 9.32. The second kappa shape index (κ2) is 8.07. The van der Waals surface area contributed by atoms with E-state index in [-0.39, 0.29) is 17.5 Å². The van der Waals surface area contributed by atoms with Gasteiger partial charge in [-0.05, 0) is 67.8 Å². The van der Waals surface area contributed by atoms with Crippen molar-refractivity contribution in [3.05, 3.63) is 71.2 Å². The van der Waals surface area contributed by atoms with Gasteiger partial charge in [0.2, 0.25) is 0 Å². The Morgan fingerprint density at radius 2 is 1.75 bits per heavy atom. The topological polar surface area (TPSA) is 45.5 Å². The molecule has 0 aliphatic carbocycles. The molecule has 0 atom stereocenters. The van der Waals surface area contributed by atoms with Crippen LogP contribution in [0.25, 0.3) is 11.3 Å². The Morgan fingerprint density at radius 3 is 2.50 bits per heavy atom. The lowest BCUT2D eigenvalue weighted by atomic mass is 10.1. The zero-order chi connectivity index (χ0) is 19.5. The van der Waals surface area contributed by atoms with E-state index in [1.165, 1.54) is 18.6 Å². The molecule has 1 amide bonds. The van der Waals surface area contributed by atoms with Crippen LogP contribution in [-0.4, -0.2) is 19.0 Å². The molecular weight excluding hydrogens is 379 g/mol. The summed E-state index contributed by atoms with van der Waals surface area (Å²) in [4.78, 5) is 14.9. The van der Waals surface area contributed by atoms with Gasteiger partial charge >= 0.3 is 0 Å². The van der Waals surface area contributed by atoms with Gasteiger partial charge in [-0.15, -0.1) is 0 Å². The van der Waals surface area contributed by atoms with E-state index in [1.807, 2.05) is 18.2 Å². The molecule has 0 radical (unpaired) electrons. The Morgan fingerprint density at radius 1 is 1.00 bits per heavy atom. The zero-order valence-corrected chi connectivity index (χ0v) is 16.0. The third-order valence-electron chi connectivity index (χ3n) is 4.87. The molecule has 0 unspecified atom stereocenters. The van der Waals surface area contributed by atoms with Crippen molar-refractivity contribution in [3.8, 4) is 11.3 Å². The van der Waals surface area contributed by atoms with Crippen molar-refractivity contribution >= 4 is 28.9 Å². The average Bonchev–Trinajstić information content (AvgIpc) is 3.20. The number of benzene rings is 2. The van der Waals surface area contributed by atoms with Crippen LogP contribution in [0.5, 0.6) is 0 Å². The minimum Gasteiger partial charge on any atom is -0.451 e. The van der Waals surface area contributed by atoms with Crippen molar-refractivity contribution in [2.24, 2.45) is 0 Å². The fourth-order valence-electron chi connectivity index (χ4n) is 3.47. The van der Waals surface area contributed by atoms with Crippen molar-refractivity contribution in [2.75, 3.05) is 23.3 Å². The van der Waals surface area contributed by atoms with E-state index in [2.05, 4.69) is 10.2 Å². The Kier molecular flexibility index (Phi) is 5.35. The molecule has 3 aromatic rings. The first kappa shape index (κ1) is 18.6. The van der Waals surface area contributed by atoms with Crippen molar-refractivity contribution in [2.45, 2.75) is 19.3 Å². The molecule has 0 spiro atoms. The van der Waals surface area contributed by atoms with E-state index in [0.717, 1.165) is 31.6 Å². The van der Waals surface area contributed by atoms with Gasteiger partial charge in [-0.3, -0.25) is 4.79 Å². The summed E-state index contributed by atoms with van der Waals surface area (Å²) < 4.78 is 18.8. The number of piperidine rings is 1. The lowest BCUT2D eigenvalue weighted by Gasteiger charge is -2.31. The molecule has 4 nitrogen and oxygen atoms in total. The van der Waals surface area contributed by atoms with Gasteiger partial charge in [0, 0.05) is 18.7 Å². The average molecular weight is 399 g/mol. The number of anilines is 2. The fourth-order valence-corrected chi connectivity index (χ4v) is 3.76. The number of para-hydroxylation sites is 1. The van der Waals surface area contributed by atoms with Crippen LogP contribution in [0.15, 0.2) is 59.0 Å². The minimum atomic E-state index is -0.353. The highest BCUT2D eigenvalue weighted by molar-refractivity contribution is 6.34. The van der Waals surface area contributed by atoms with Crippen LogP contribution in [0.3, 0.4) is 0 Å². The number of nitrogens with zero attached hydrogens (tertiary/aromatic N) is 1. The molecule has 1 fully saturated rings. The molecular formula is C22H20ClFN2O2. The molecule has 6 heteroatoms. The summed E-state index contributed by atoms with van der Waals surface area (Å²) in [6.07, 6.45) is 3.43. The number of carbonyl (C=O) groups excluding carboxylic acids is 1. The maximum atomic E-state index is 13.1. The largest absolute Gasteiger partial charge is 0.451 e. The van der Waals surface area contributed by atoms with Gasteiger partial charge in [-0.25, -0.2) is 4.39 Å². The van der Waals surface area contributed by atoms with Crippen LogP contribution in [0.4, 0.5) is 15.8 Å². The highest BCUT2D eigenvalue weighted by atomic mass is 35.5. The number of halogens is 2. The van der Waals surface area contributed by atoms with E-state index in [0.29, 0.717) is 22.0 Å². The van der Waals surface area contributed by atoms with Crippen LogP contribution in [0.1, 0.15) is 29.8 Å². The first-order chi connectivity index (χ1) is 13.6. The molecule has 0 saturated carbocycles. The Bertz CT molecular complexity index is 978. The lowest BCUT2D eigenvalue weighted by Crippen LogP contribution is -2.30. The second-order valence-corrected chi connectivity index (χ2v) is 7.22. The molecule has 28 heavy (non-hydrogen) atoms. The highest BCUT2D eigenvalue weighted by Crippen LogP contribution is 2.36. The summed E-state index contributed by atoms with van der Waals surface area (Å²) >= 11 is 6.44. The van der Waals surface area contributed by atoms with E-state index in [1.54, 1.807) is 24.3 Å². The van der Waals surface area contributed by atoms with E-state index in [9.17, 15) is 9.18 Å².